The molecule has 0 bridgehead atoms. The third kappa shape index (κ3) is 3.74. The van der Waals surface area contributed by atoms with E-state index >= 15 is 0 Å². The van der Waals surface area contributed by atoms with Gasteiger partial charge in [0.25, 0.3) is 5.91 Å². The molecule has 1 aromatic heterocycles. The fourth-order valence-electron chi connectivity index (χ4n) is 2.03. The van der Waals surface area contributed by atoms with Gasteiger partial charge in [0.2, 0.25) is 0 Å². The molecule has 0 spiro atoms. The van der Waals surface area contributed by atoms with Crippen LogP contribution in [0.2, 0.25) is 0 Å². The lowest BCUT2D eigenvalue weighted by Gasteiger charge is -2.07. The number of nitrogens with one attached hydrogen (secondary N) is 1. The van der Waals surface area contributed by atoms with Crippen molar-refractivity contribution in [2.45, 2.75) is 19.9 Å². The molecule has 0 unspecified atom stereocenters. The SMILES string of the molecule is CCc1occc1C(=O)NCc1ccccc1C#CCN. The summed E-state index contributed by atoms with van der Waals surface area (Å²) < 4.78 is 5.27. The normalized spacial score (nSPS) is 9.81. The summed E-state index contributed by atoms with van der Waals surface area (Å²) in [5.41, 5.74) is 7.82. The van der Waals surface area contributed by atoms with Crippen LogP contribution in [0.25, 0.3) is 0 Å². The third-order valence-electron chi connectivity index (χ3n) is 3.09. The van der Waals surface area contributed by atoms with Crippen molar-refractivity contribution in [3.8, 4) is 11.8 Å². The highest BCUT2D eigenvalue weighted by Gasteiger charge is 2.13. The number of carbonyl (C=O) groups excluding carboxylic acids is 1. The van der Waals surface area contributed by atoms with Crippen molar-refractivity contribution >= 4 is 5.91 Å². The van der Waals surface area contributed by atoms with E-state index in [1.165, 1.54) is 6.26 Å². The van der Waals surface area contributed by atoms with Gasteiger partial charge >= 0.3 is 0 Å². The van der Waals surface area contributed by atoms with Crippen LogP contribution in [0, 0.1) is 11.8 Å². The molecule has 21 heavy (non-hydrogen) atoms. The van der Waals surface area contributed by atoms with E-state index in [4.69, 9.17) is 10.2 Å². The molecule has 0 atom stereocenters. The van der Waals surface area contributed by atoms with Crippen LogP contribution in [0.4, 0.5) is 0 Å². The zero-order valence-corrected chi connectivity index (χ0v) is 12.0. The quantitative estimate of drug-likeness (QED) is 0.844. The highest BCUT2D eigenvalue weighted by Crippen LogP contribution is 2.12. The lowest BCUT2D eigenvalue weighted by Crippen LogP contribution is -2.23. The molecule has 0 radical (unpaired) electrons. The number of aryl methyl sites for hydroxylation is 1. The molecule has 108 valence electrons. The Labute approximate surface area is 124 Å². The first-order valence-electron chi connectivity index (χ1n) is 6.87. The molecule has 1 heterocycles. The van der Waals surface area contributed by atoms with Gasteiger partial charge in [-0.25, -0.2) is 0 Å². The van der Waals surface area contributed by atoms with Gasteiger partial charge in [0.1, 0.15) is 5.76 Å². The predicted octanol–water partition coefficient (Wildman–Crippen LogP) is 2.08. The van der Waals surface area contributed by atoms with Gasteiger partial charge in [0.05, 0.1) is 18.4 Å². The Bertz CT molecular complexity index is 677. The van der Waals surface area contributed by atoms with Gasteiger partial charge in [-0.15, -0.1) is 0 Å². The topological polar surface area (TPSA) is 68.3 Å². The largest absolute Gasteiger partial charge is 0.469 e. The molecule has 0 fully saturated rings. The number of hydrogen-bond acceptors (Lipinski definition) is 3. The van der Waals surface area contributed by atoms with Crippen LogP contribution in [0.3, 0.4) is 0 Å². The number of benzene rings is 1. The van der Waals surface area contributed by atoms with E-state index < -0.39 is 0 Å². The number of hydrogen-bond donors (Lipinski definition) is 2. The van der Waals surface area contributed by atoms with Gasteiger partial charge in [-0.1, -0.05) is 37.0 Å². The number of furan rings is 1. The van der Waals surface area contributed by atoms with Crippen molar-refractivity contribution in [2.24, 2.45) is 5.73 Å². The highest BCUT2D eigenvalue weighted by molar-refractivity contribution is 5.95. The van der Waals surface area contributed by atoms with E-state index in [9.17, 15) is 4.79 Å². The second-order valence-corrected chi connectivity index (χ2v) is 4.46. The lowest BCUT2D eigenvalue weighted by atomic mass is 10.1. The summed E-state index contributed by atoms with van der Waals surface area (Å²) in [6.45, 7) is 2.69. The maximum Gasteiger partial charge on any atom is 0.255 e. The Morgan fingerprint density at radius 3 is 2.90 bits per heavy atom. The molecule has 0 aliphatic carbocycles. The van der Waals surface area contributed by atoms with E-state index in [0.29, 0.717) is 30.8 Å². The van der Waals surface area contributed by atoms with E-state index in [1.807, 2.05) is 31.2 Å². The minimum Gasteiger partial charge on any atom is -0.469 e. The molecule has 2 aromatic rings. The first-order chi connectivity index (χ1) is 10.3. The van der Waals surface area contributed by atoms with Crippen LogP contribution in [-0.4, -0.2) is 12.5 Å². The fourth-order valence-corrected chi connectivity index (χ4v) is 2.03. The molecule has 4 heteroatoms. The van der Waals surface area contributed by atoms with Crippen LogP contribution in [0.1, 0.15) is 34.2 Å². The molecule has 1 amide bonds. The van der Waals surface area contributed by atoms with Gasteiger partial charge in [-0.05, 0) is 17.7 Å². The highest BCUT2D eigenvalue weighted by atomic mass is 16.3. The molecule has 1 aromatic carbocycles. The van der Waals surface area contributed by atoms with E-state index in [1.54, 1.807) is 6.07 Å². The molecule has 0 aliphatic rings. The number of carbonyl (C=O) groups is 1. The maximum atomic E-state index is 12.2. The van der Waals surface area contributed by atoms with Crippen LogP contribution < -0.4 is 11.1 Å². The minimum absolute atomic E-state index is 0.137. The summed E-state index contributed by atoms with van der Waals surface area (Å²) in [6.07, 6.45) is 2.22. The number of amides is 1. The summed E-state index contributed by atoms with van der Waals surface area (Å²) in [5.74, 6) is 6.40. The summed E-state index contributed by atoms with van der Waals surface area (Å²) in [7, 11) is 0. The molecule has 2 rings (SSSR count). The van der Waals surface area contributed by atoms with Crippen molar-refractivity contribution in [1.82, 2.24) is 5.32 Å². The summed E-state index contributed by atoms with van der Waals surface area (Å²) in [6, 6.07) is 9.38. The van der Waals surface area contributed by atoms with Crippen molar-refractivity contribution < 1.29 is 9.21 Å². The molecule has 0 saturated carbocycles. The number of rotatable bonds is 4. The molecular weight excluding hydrogens is 264 g/mol. The average molecular weight is 282 g/mol. The van der Waals surface area contributed by atoms with E-state index in [-0.39, 0.29) is 5.91 Å². The van der Waals surface area contributed by atoms with Gasteiger partial charge in [-0.3, -0.25) is 4.79 Å². The molecule has 0 saturated heterocycles. The summed E-state index contributed by atoms with van der Waals surface area (Å²) >= 11 is 0. The fraction of sp³-hybridized carbons (Fsp3) is 0.235. The smallest absolute Gasteiger partial charge is 0.255 e. The van der Waals surface area contributed by atoms with Crippen molar-refractivity contribution in [2.75, 3.05) is 6.54 Å². The van der Waals surface area contributed by atoms with Gasteiger partial charge in [-0.2, -0.15) is 0 Å². The monoisotopic (exact) mass is 282 g/mol. The van der Waals surface area contributed by atoms with Crippen molar-refractivity contribution in [1.29, 1.82) is 0 Å². The Hall–Kier alpha value is -2.51. The van der Waals surface area contributed by atoms with Crippen molar-refractivity contribution in [3.63, 3.8) is 0 Å². The van der Waals surface area contributed by atoms with Crippen LogP contribution in [0.5, 0.6) is 0 Å². The first-order valence-corrected chi connectivity index (χ1v) is 6.87. The van der Waals surface area contributed by atoms with Crippen LogP contribution in [-0.2, 0) is 13.0 Å². The molecule has 0 aliphatic heterocycles. The predicted molar refractivity (Wildman–Crippen MR) is 81.6 cm³/mol. The zero-order chi connectivity index (χ0) is 15.1. The first kappa shape index (κ1) is 14.9. The Balaban J connectivity index is 2.08. The van der Waals surface area contributed by atoms with E-state index in [0.717, 1.165) is 11.1 Å². The van der Waals surface area contributed by atoms with Gasteiger partial charge in [0, 0.05) is 18.5 Å². The molecule has 3 N–H and O–H groups in total. The lowest BCUT2D eigenvalue weighted by molar-refractivity contribution is 0.0949. The third-order valence-corrected chi connectivity index (χ3v) is 3.09. The van der Waals surface area contributed by atoms with E-state index in [2.05, 4.69) is 17.2 Å². The second-order valence-electron chi connectivity index (χ2n) is 4.46. The minimum atomic E-state index is -0.137. The maximum absolute atomic E-state index is 12.2. The van der Waals surface area contributed by atoms with Crippen LogP contribution in [0.15, 0.2) is 41.0 Å². The van der Waals surface area contributed by atoms with Crippen LogP contribution >= 0.6 is 0 Å². The number of nitrogens with two attached hydrogens (primary N) is 1. The Morgan fingerprint density at radius 1 is 1.33 bits per heavy atom. The second kappa shape index (κ2) is 7.32. The Kier molecular flexibility index (Phi) is 5.19. The van der Waals surface area contributed by atoms with Gasteiger partial charge in [0.15, 0.2) is 0 Å². The van der Waals surface area contributed by atoms with Crippen molar-refractivity contribution in [3.05, 3.63) is 59.0 Å². The zero-order valence-electron chi connectivity index (χ0n) is 12.0. The molecule has 4 nitrogen and oxygen atoms in total. The summed E-state index contributed by atoms with van der Waals surface area (Å²) in [4.78, 5) is 12.2. The summed E-state index contributed by atoms with van der Waals surface area (Å²) in [5, 5.41) is 2.89. The standard InChI is InChI=1S/C17H18N2O2/c1-2-16-15(9-11-21-16)17(20)19-12-14-7-4-3-6-13(14)8-5-10-18/h3-4,6-7,9,11H,2,10,12,18H2,1H3,(H,19,20). The molecular formula is C17H18N2O2. The average Bonchev–Trinajstić information content (AvgIpc) is 3.00. The van der Waals surface area contributed by atoms with Gasteiger partial charge < -0.3 is 15.5 Å². The Morgan fingerprint density at radius 2 is 2.14 bits per heavy atom.